The van der Waals surface area contributed by atoms with Crippen molar-refractivity contribution in [1.82, 2.24) is 0 Å². The summed E-state index contributed by atoms with van der Waals surface area (Å²) in [6, 6.07) is 0. The molecular formula is C15H22Cl2GeTi. The van der Waals surface area contributed by atoms with Crippen molar-refractivity contribution < 1.29 is 38.1 Å². The molecule has 0 fully saturated rings. The Labute approximate surface area is 134 Å². The molecule has 0 atom stereocenters. The summed E-state index contributed by atoms with van der Waals surface area (Å²) in [5.41, 5.74) is 0. The van der Waals surface area contributed by atoms with Gasteiger partial charge in [-0.05, 0) is 0 Å². The quantitative estimate of drug-likeness (QED) is 0.491. The Hall–Kier alpha value is 0.667. The van der Waals surface area contributed by atoms with Crippen molar-refractivity contribution in [3.8, 4) is 0 Å². The number of hydrogen-bond donors (Lipinski definition) is 0. The van der Waals surface area contributed by atoms with Crippen LogP contribution in [0.3, 0.4) is 0 Å². The van der Waals surface area contributed by atoms with Crippen molar-refractivity contribution in [2.75, 3.05) is 0 Å². The second-order valence-electron chi connectivity index (χ2n) is 5.40. The third-order valence-electron chi connectivity index (χ3n) is 4.01. The minimum atomic E-state index is -2.01. The smallest absolute Gasteiger partial charge is 1.00 e. The predicted molar refractivity (Wildman–Crippen MR) is 77.5 cm³/mol. The fourth-order valence-corrected chi connectivity index (χ4v) is 35.0. The molecule has 4 heteroatoms. The maximum Gasteiger partial charge on any atom is -1.00 e. The van der Waals surface area contributed by atoms with E-state index >= 15 is 0 Å². The van der Waals surface area contributed by atoms with E-state index in [1.54, 1.807) is 3.81 Å². The number of hydrogen-bond acceptors (Lipinski definition) is 0. The SMILES string of the molecule is C[C](C)=[Ti+2]([C]1=CC=CC1)([C]1=CC=CC1)=[Ge]([CH3])[CH3].[Cl-].[Cl-]. The van der Waals surface area contributed by atoms with Crippen molar-refractivity contribution in [2.24, 2.45) is 0 Å². The molecule has 0 aromatic heterocycles. The van der Waals surface area contributed by atoms with E-state index in [0.29, 0.717) is 0 Å². The predicted octanol–water partition coefficient (Wildman–Crippen LogP) is -1.70. The summed E-state index contributed by atoms with van der Waals surface area (Å²) in [5.74, 6) is 5.20. The standard InChI is InChI=1S/2C5H5.C3H6.C2H6Ge.2ClH.Ti/c2*1-2-4-5-3-1;2*1-3-2;;;/h2*1-3H,4H2;2*1-2H3;2*1H;/q;;;;;;+2/p-2. The number of allylic oxidation sites excluding steroid dienone is 8. The topological polar surface area (TPSA) is 0 Å². The van der Waals surface area contributed by atoms with Crippen LogP contribution in [0.2, 0.25) is 11.5 Å². The zero-order chi connectivity index (χ0) is 12.5. The molecule has 0 aromatic carbocycles. The number of rotatable bonds is 2. The molecular weight excluding hydrogens is 372 g/mol. The minimum Gasteiger partial charge on any atom is -1.00 e. The third kappa shape index (κ3) is 3.47. The summed E-state index contributed by atoms with van der Waals surface area (Å²) < 4.78 is 5.45. The van der Waals surface area contributed by atoms with E-state index in [9.17, 15) is 0 Å². The van der Waals surface area contributed by atoms with Gasteiger partial charge in [0.15, 0.2) is 0 Å². The largest absolute Gasteiger partial charge is 1.00 e. The van der Waals surface area contributed by atoms with Gasteiger partial charge in [-0.25, -0.2) is 0 Å². The van der Waals surface area contributed by atoms with Crippen molar-refractivity contribution in [1.29, 1.82) is 0 Å². The molecule has 104 valence electrons. The Morgan fingerprint density at radius 3 is 1.58 bits per heavy atom. The van der Waals surface area contributed by atoms with Crippen molar-refractivity contribution >= 4 is 14.8 Å². The molecule has 0 bridgehead atoms. The Balaban J connectivity index is 0.00000162. The van der Waals surface area contributed by atoms with Crippen LogP contribution in [0.1, 0.15) is 26.7 Å². The zero-order valence-corrected chi connectivity index (χ0v) is 17.3. The first-order valence-corrected chi connectivity index (χ1v) is 18.1. The van der Waals surface area contributed by atoms with Crippen molar-refractivity contribution in [2.45, 2.75) is 38.2 Å². The molecule has 0 saturated carbocycles. The van der Waals surface area contributed by atoms with E-state index in [1.165, 1.54) is 12.8 Å². The Bertz CT molecular complexity index is 519. The summed E-state index contributed by atoms with van der Waals surface area (Å²) in [6.45, 7) is 4.83. The van der Waals surface area contributed by atoms with Crippen LogP contribution in [0, 0.1) is 0 Å². The molecule has 0 amide bonds. The van der Waals surface area contributed by atoms with E-state index in [0.717, 1.165) is 0 Å². The molecule has 0 spiro atoms. The summed E-state index contributed by atoms with van der Waals surface area (Å²) >= 11 is -2.01. The molecule has 0 unspecified atom stereocenters. The fraction of sp³-hybridized carbons (Fsp3) is 0.400. The van der Waals surface area contributed by atoms with E-state index < -0.39 is 24.3 Å². The van der Waals surface area contributed by atoms with E-state index in [2.05, 4.69) is 61.8 Å². The second kappa shape index (κ2) is 8.19. The molecule has 0 nitrogen and oxygen atoms in total. The van der Waals surface area contributed by atoms with Gasteiger partial charge in [-0.2, -0.15) is 0 Å². The van der Waals surface area contributed by atoms with Crippen LogP contribution in [-0.4, -0.2) is 14.8 Å². The van der Waals surface area contributed by atoms with Gasteiger partial charge >= 0.3 is 110 Å². The summed E-state index contributed by atoms with van der Waals surface area (Å²) in [5, 5.41) is 0. The van der Waals surface area contributed by atoms with Crippen LogP contribution < -0.4 is 24.8 Å². The molecule has 0 aliphatic heterocycles. The van der Waals surface area contributed by atoms with Gasteiger partial charge in [-0.3, -0.25) is 0 Å². The van der Waals surface area contributed by atoms with Gasteiger partial charge in [-0.1, -0.05) is 0 Å². The maximum absolute atomic E-state index is 2.60. The molecule has 2 aliphatic rings. The van der Waals surface area contributed by atoms with Crippen LogP contribution in [0.25, 0.3) is 0 Å². The van der Waals surface area contributed by atoms with Gasteiger partial charge in [0.1, 0.15) is 0 Å². The van der Waals surface area contributed by atoms with Crippen molar-refractivity contribution in [3.05, 3.63) is 44.2 Å². The van der Waals surface area contributed by atoms with Gasteiger partial charge in [0, 0.05) is 0 Å². The number of halogens is 2. The molecule has 19 heavy (non-hydrogen) atoms. The maximum atomic E-state index is 2.60. The molecule has 0 radical (unpaired) electrons. The van der Waals surface area contributed by atoms with E-state index in [1.807, 2.05) is 7.76 Å². The van der Waals surface area contributed by atoms with Crippen LogP contribution in [0.15, 0.2) is 44.2 Å². The van der Waals surface area contributed by atoms with Gasteiger partial charge in [0.25, 0.3) is 0 Å². The first-order valence-electron chi connectivity index (χ1n) is 6.43. The Kier molecular flexibility index (Phi) is 8.48. The van der Waals surface area contributed by atoms with Gasteiger partial charge < -0.3 is 24.8 Å². The van der Waals surface area contributed by atoms with Crippen molar-refractivity contribution in [3.63, 3.8) is 0 Å². The van der Waals surface area contributed by atoms with Crippen LogP contribution in [0.4, 0.5) is 0 Å². The minimum absolute atomic E-state index is 0. The van der Waals surface area contributed by atoms with Crippen LogP contribution in [-0.2, 0) is 13.3 Å². The summed E-state index contributed by atoms with van der Waals surface area (Å²) in [7, 11) is -0.943. The normalized spacial score (nSPS) is 14.7. The first-order chi connectivity index (χ1) is 8.10. The third-order valence-corrected chi connectivity index (χ3v) is 35.7. The first kappa shape index (κ1) is 19.7. The fourth-order valence-electron chi connectivity index (χ4n) is 3.44. The average Bonchev–Trinajstić information content (AvgIpc) is 2.88. The molecule has 0 aromatic rings. The van der Waals surface area contributed by atoms with Crippen LogP contribution >= 0.6 is 0 Å². The van der Waals surface area contributed by atoms with Crippen LogP contribution in [0.5, 0.6) is 0 Å². The van der Waals surface area contributed by atoms with E-state index in [4.69, 9.17) is 0 Å². The second-order valence-corrected chi connectivity index (χ2v) is 30.1. The van der Waals surface area contributed by atoms with Gasteiger partial charge in [0.2, 0.25) is 0 Å². The monoisotopic (exact) mass is 394 g/mol. The summed E-state index contributed by atoms with van der Waals surface area (Å²) in [6.07, 6.45) is 16.6. The molecule has 2 aliphatic carbocycles. The molecule has 0 heterocycles. The van der Waals surface area contributed by atoms with Gasteiger partial charge in [-0.15, -0.1) is 0 Å². The Morgan fingerprint density at radius 1 is 0.947 bits per heavy atom. The van der Waals surface area contributed by atoms with E-state index in [-0.39, 0.29) is 24.8 Å². The molecule has 0 saturated heterocycles. The zero-order valence-electron chi connectivity index (χ0n) is 12.1. The average molecular weight is 394 g/mol. The Morgan fingerprint density at radius 2 is 1.37 bits per heavy atom. The molecule has 0 N–H and O–H groups in total. The van der Waals surface area contributed by atoms with Gasteiger partial charge in [0.05, 0.1) is 0 Å². The summed E-state index contributed by atoms with van der Waals surface area (Å²) in [4.78, 5) is 0. The molecule has 2 rings (SSSR count).